The molecule has 0 bridgehead atoms. The van der Waals surface area contributed by atoms with Crippen LogP contribution in [0.1, 0.15) is 62.0 Å². The first-order valence-electron chi connectivity index (χ1n) is 13.0. The van der Waals surface area contributed by atoms with Crippen LogP contribution < -0.4 is 4.90 Å². The van der Waals surface area contributed by atoms with E-state index in [0.29, 0.717) is 44.2 Å². The summed E-state index contributed by atoms with van der Waals surface area (Å²) >= 11 is 6.15. The minimum Gasteiger partial charge on any atom is -0.387 e. The molecule has 1 N–H and O–H groups in total. The average molecular weight is 514 g/mol. The summed E-state index contributed by atoms with van der Waals surface area (Å²) in [6.07, 6.45) is 2.00. The highest BCUT2D eigenvalue weighted by atomic mass is 35.5. The molecule has 8 nitrogen and oxygen atoms in total. The lowest BCUT2D eigenvalue weighted by Gasteiger charge is -2.40. The summed E-state index contributed by atoms with van der Waals surface area (Å²) in [7, 11) is 0. The van der Waals surface area contributed by atoms with Crippen molar-refractivity contribution in [3.63, 3.8) is 0 Å². The lowest BCUT2D eigenvalue weighted by molar-refractivity contribution is -0.134. The maximum atomic E-state index is 13.9. The molecule has 2 aliphatic heterocycles. The van der Waals surface area contributed by atoms with E-state index in [0.717, 1.165) is 35.7 Å². The van der Waals surface area contributed by atoms with Crippen molar-refractivity contribution in [2.45, 2.75) is 57.3 Å². The van der Waals surface area contributed by atoms with Crippen LogP contribution in [0.15, 0.2) is 30.6 Å². The topological polar surface area (TPSA) is 82.0 Å². The number of anilines is 1. The molecule has 0 spiro atoms. The number of carbonyl (C=O) groups is 1. The number of aliphatic hydroxyl groups is 1. The molecule has 3 heterocycles. The monoisotopic (exact) mass is 513 g/mol. The van der Waals surface area contributed by atoms with Gasteiger partial charge in [0.1, 0.15) is 12.1 Å². The summed E-state index contributed by atoms with van der Waals surface area (Å²) in [6, 6.07) is 7.69. The van der Waals surface area contributed by atoms with Crippen molar-refractivity contribution in [3.05, 3.63) is 52.4 Å². The zero-order valence-electron chi connectivity index (χ0n) is 21.3. The molecule has 1 aromatic carbocycles. The summed E-state index contributed by atoms with van der Waals surface area (Å²) < 4.78 is 5.91. The second-order valence-corrected chi connectivity index (χ2v) is 11.0. The molecule has 3 aliphatic rings. The smallest absolute Gasteiger partial charge is 0.231 e. The third-order valence-corrected chi connectivity index (χ3v) is 7.93. The Kier molecular flexibility index (Phi) is 7.49. The Bertz CT molecular complexity index is 1070. The predicted molar refractivity (Wildman–Crippen MR) is 139 cm³/mol. The number of morpholine rings is 1. The maximum absolute atomic E-state index is 13.9. The van der Waals surface area contributed by atoms with Gasteiger partial charge >= 0.3 is 0 Å². The van der Waals surface area contributed by atoms with E-state index in [2.05, 4.69) is 40.5 Å². The Morgan fingerprint density at radius 2 is 1.75 bits per heavy atom. The van der Waals surface area contributed by atoms with E-state index in [4.69, 9.17) is 16.3 Å². The fourth-order valence-electron chi connectivity index (χ4n) is 6.03. The molecule has 0 radical (unpaired) electrons. The number of benzene rings is 1. The van der Waals surface area contributed by atoms with Crippen LogP contribution >= 0.6 is 11.6 Å². The number of fused-ring (bicyclic) bond motifs is 1. The average Bonchev–Trinajstić information content (AvgIpc) is 3.16. The van der Waals surface area contributed by atoms with Gasteiger partial charge in [-0.1, -0.05) is 30.7 Å². The number of amides is 1. The largest absolute Gasteiger partial charge is 0.387 e. The molecule has 194 valence electrons. The van der Waals surface area contributed by atoms with Crippen LogP contribution in [0.5, 0.6) is 0 Å². The zero-order chi connectivity index (χ0) is 25.4. The predicted octanol–water partition coefficient (Wildman–Crippen LogP) is 3.21. The second kappa shape index (κ2) is 10.6. The quantitative estimate of drug-likeness (QED) is 0.657. The molecule has 1 amide bonds. The van der Waals surface area contributed by atoms with Crippen LogP contribution in [-0.2, 0) is 9.53 Å². The number of piperazine rings is 1. The van der Waals surface area contributed by atoms with Crippen LogP contribution in [0.25, 0.3) is 0 Å². The summed E-state index contributed by atoms with van der Waals surface area (Å²) in [5.74, 6) is 1.02. The van der Waals surface area contributed by atoms with Crippen molar-refractivity contribution < 1.29 is 14.6 Å². The zero-order valence-corrected chi connectivity index (χ0v) is 22.1. The number of halogens is 1. The van der Waals surface area contributed by atoms with Crippen LogP contribution in [0, 0.1) is 0 Å². The van der Waals surface area contributed by atoms with Gasteiger partial charge in [-0.3, -0.25) is 9.69 Å². The summed E-state index contributed by atoms with van der Waals surface area (Å²) in [5, 5.41) is 11.0. The SMILES string of the molecule is C[C@@H]1CN(CC(C(=O)N2CCN(c3ncnc4c3[C@H](C)C[C@H]4O)CC2)c2ccc(Cl)cc2)C[C@H](C)O1. The number of aromatic nitrogens is 2. The summed E-state index contributed by atoms with van der Waals surface area (Å²) in [6.45, 7) is 11.3. The summed E-state index contributed by atoms with van der Waals surface area (Å²) in [5.41, 5.74) is 2.80. The van der Waals surface area contributed by atoms with Crippen LogP contribution in [-0.4, -0.2) is 88.8 Å². The Morgan fingerprint density at radius 1 is 1.08 bits per heavy atom. The summed E-state index contributed by atoms with van der Waals surface area (Å²) in [4.78, 5) is 29.4. The fourth-order valence-corrected chi connectivity index (χ4v) is 6.15. The van der Waals surface area contributed by atoms with Crippen LogP contribution in [0.3, 0.4) is 0 Å². The van der Waals surface area contributed by atoms with Gasteiger partial charge in [0.2, 0.25) is 5.91 Å². The van der Waals surface area contributed by atoms with Gasteiger partial charge in [0.25, 0.3) is 0 Å². The van der Waals surface area contributed by atoms with Crippen LogP contribution in [0.4, 0.5) is 5.82 Å². The second-order valence-electron chi connectivity index (χ2n) is 10.5. The minimum atomic E-state index is -0.523. The van der Waals surface area contributed by atoms with Crippen molar-refractivity contribution in [2.75, 3.05) is 50.7 Å². The Hall–Kier alpha value is -2.26. The van der Waals surface area contributed by atoms with Gasteiger partial charge in [-0.2, -0.15) is 0 Å². The normalized spacial score (nSPS) is 27.7. The van der Waals surface area contributed by atoms with Gasteiger partial charge in [0.15, 0.2) is 0 Å². The molecule has 1 aromatic heterocycles. The molecule has 0 saturated carbocycles. The van der Waals surface area contributed by atoms with Crippen molar-refractivity contribution in [1.82, 2.24) is 19.8 Å². The fraction of sp³-hybridized carbons (Fsp3) is 0.593. The van der Waals surface area contributed by atoms with Crippen molar-refractivity contribution in [3.8, 4) is 0 Å². The van der Waals surface area contributed by atoms with Gasteiger partial charge in [0, 0.05) is 56.4 Å². The highest BCUT2D eigenvalue weighted by molar-refractivity contribution is 6.30. The van der Waals surface area contributed by atoms with Crippen molar-refractivity contribution >= 4 is 23.3 Å². The van der Waals surface area contributed by atoms with Gasteiger partial charge in [-0.25, -0.2) is 9.97 Å². The molecule has 5 rings (SSSR count). The van der Waals surface area contributed by atoms with Gasteiger partial charge in [0.05, 0.1) is 29.9 Å². The first kappa shape index (κ1) is 25.4. The first-order chi connectivity index (χ1) is 17.3. The number of aliphatic hydroxyl groups excluding tert-OH is 1. The number of rotatable bonds is 5. The Labute approximate surface area is 218 Å². The first-order valence-corrected chi connectivity index (χ1v) is 13.4. The Morgan fingerprint density at radius 3 is 2.42 bits per heavy atom. The number of hydrogen-bond donors (Lipinski definition) is 1. The molecule has 1 aliphatic carbocycles. The van der Waals surface area contributed by atoms with Crippen molar-refractivity contribution in [2.24, 2.45) is 0 Å². The molecule has 5 atom stereocenters. The molecular formula is C27H36ClN5O3. The molecular weight excluding hydrogens is 478 g/mol. The molecule has 2 aromatic rings. The van der Waals surface area contributed by atoms with Gasteiger partial charge < -0.3 is 19.6 Å². The highest BCUT2D eigenvalue weighted by Crippen LogP contribution is 2.42. The lowest BCUT2D eigenvalue weighted by Crippen LogP contribution is -2.53. The van der Waals surface area contributed by atoms with E-state index in [1.165, 1.54) is 0 Å². The molecule has 1 unspecified atom stereocenters. The third-order valence-electron chi connectivity index (χ3n) is 7.68. The number of carbonyl (C=O) groups excluding carboxylic acids is 1. The van der Waals surface area contributed by atoms with E-state index in [1.54, 1.807) is 6.33 Å². The molecule has 2 fully saturated rings. The minimum absolute atomic E-state index is 0.147. The van der Waals surface area contributed by atoms with E-state index in [9.17, 15) is 9.90 Å². The van der Waals surface area contributed by atoms with Crippen molar-refractivity contribution in [1.29, 1.82) is 0 Å². The van der Waals surface area contributed by atoms with E-state index >= 15 is 0 Å². The van der Waals surface area contributed by atoms with E-state index in [1.807, 2.05) is 29.2 Å². The molecule has 2 saturated heterocycles. The number of hydrogen-bond acceptors (Lipinski definition) is 7. The number of nitrogens with zero attached hydrogens (tertiary/aromatic N) is 5. The van der Waals surface area contributed by atoms with Gasteiger partial charge in [-0.15, -0.1) is 0 Å². The van der Waals surface area contributed by atoms with E-state index < -0.39 is 6.10 Å². The highest BCUT2D eigenvalue weighted by Gasteiger charge is 2.36. The van der Waals surface area contributed by atoms with Gasteiger partial charge in [-0.05, 0) is 43.9 Å². The molecule has 36 heavy (non-hydrogen) atoms. The third kappa shape index (κ3) is 5.23. The lowest BCUT2D eigenvalue weighted by atomic mass is 9.95. The standard InChI is InChI=1S/C27H36ClN5O3/c1-17-12-23(34)25-24(17)26(30-16-29-25)32-8-10-33(11-9-32)27(35)22(20-4-6-21(28)7-5-20)15-31-13-18(2)36-19(3)14-31/h4-7,16-19,22-23,34H,8-15H2,1-3H3/t17-,18-,19+,22?,23-/m1/s1. The maximum Gasteiger partial charge on any atom is 0.231 e. The Balaban J connectivity index is 1.31. The molecule has 9 heteroatoms. The van der Waals surface area contributed by atoms with E-state index in [-0.39, 0.29) is 30.0 Å². The van der Waals surface area contributed by atoms with Crippen LogP contribution in [0.2, 0.25) is 5.02 Å². The number of ether oxygens (including phenoxy) is 1.